The fourth-order valence-corrected chi connectivity index (χ4v) is 3.03. The number of ether oxygens (including phenoxy) is 2. The van der Waals surface area contributed by atoms with Gasteiger partial charge in [-0.25, -0.2) is 0 Å². The van der Waals surface area contributed by atoms with Crippen molar-refractivity contribution in [3.8, 4) is 0 Å². The summed E-state index contributed by atoms with van der Waals surface area (Å²) in [5, 5.41) is 5.78. The molecular formula is C22H26N2O4. The van der Waals surface area contributed by atoms with Gasteiger partial charge in [0.15, 0.2) is 0 Å². The smallest absolute Gasteiger partial charge is 0.255 e. The molecule has 1 aliphatic heterocycles. The van der Waals surface area contributed by atoms with Crippen molar-refractivity contribution in [3.05, 3.63) is 59.7 Å². The first kappa shape index (κ1) is 20.0. The van der Waals surface area contributed by atoms with E-state index in [-0.39, 0.29) is 17.9 Å². The van der Waals surface area contributed by atoms with Crippen molar-refractivity contribution in [2.75, 3.05) is 23.8 Å². The average Bonchev–Trinajstić information content (AvgIpc) is 3.23. The summed E-state index contributed by atoms with van der Waals surface area (Å²) in [5.74, 6) is -0.423. The monoisotopic (exact) mass is 382 g/mol. The number of carbonyl (C=O) groups excluding carboxylic acids is 2. The molecule has 0 bridgehead atoms. The van der Waals surface area contributed by atoms with E-state index in [9.17, 15) is 9.59 Å². The van der Waals surface area contributed by atoms with Crippen LogP contribution in [0, 0.1) is 6.92 Å². The van der Waals surface area contributed by atoms with E-state index in [1.165, 1.54) is 0 Å². The van der Waals surface area contributed by atoms with Crippen LogP contribution in [-0.2, 0) is 14.3 Å². The van der Waals surface area contributed by atoms with Crippen molar-refractivity contribution in [1.29, 1.82) is 0 Å². The quantitative estimate of drug-likeness (QED) is 0.764. The summed E-state index contributed by atoms with van der Waals surface area (Å²) in [7, 11) is 0. The Labute approximate surface area is 165 Å². The standard InChI is InChI=1S/C22H26N2O4/c1-15-19(23-21(25)16(2)28-14-18-10-7-13-27-18)11-6-12-20(15)24-22(26)17-8-4-3-5-9-17/h3-6,8-9,11-12,16,18H,7,10,13-14H2,1-2H3,(H,23,25)(H,24,26). The van der Waals surface area contributed by atoms with Crippen LogP contribution in [0.3, 0.4) is 0 Å². The Bertz CT molecular complexity index is 817. The van der Waals surface area contributed by atoms with Crippen LogP contribution >= 0.6 is 0 Å². The third kappa shape index (κ3) is 5.18. The lowest BCUT2D eigenvalue weighted by molar-refractivity contribution is -0.128. The van der Waals surface area contributed by atoms with Crippen LogP contribution in [0.15, 0.2) is 48.5 Å². The molecule has 6 heteroatoms. The summed E-state index contributed by atoms with van der Waals surface area (Å²) in [5.41, 5.74) is 2.65. The zero-order chi connectivity index (χ0) is 19.9. The molecule has 2 unspecified atom stereocenters. The highest BCUT2D eigenvalue weighted by atomic mass is 16.5. The maximum Gasteiger partial charge on any atom is 0.255 e. The molecule has 1 saturated heterocycles. The summed E-state index contributed by atoms with van der Waals surface area (Å²) < 4.78 is 11.2. The largest absolute Gasteiger partial charge is 0.376 e. The molecule has 1 heterocycles. The molecule has 2 aromatic rings. The molecule has 6 nitrogen and oxygen atoms in total. The summed E-state index contributed by atoms with van der Waals surface area (Å²) in [6.45, 7) is 4.75. The lowest BCUT2D eigenvalue weighted by Crippen LogP contribution is -2.30. The van der Waals surface area contributed by atoms with Crippen LogP contribution in [0.1, 0.15) is 35.7 Å². The molecule has 1 fully saturated rings. The summed E-state index contributed by atoms with van der Waals surface area (Å²) in [6, 6.07) is 14.4. The average molecular weight is 382 g/mol. The molecule has 2 N–H and O–H groups in total. The van der Waals surface area contributed by atoms with Crippen molar-refractivity contribution in [2.24, 2.45) is 0 Å². The highest BCUT2D eigenvalue weighted by molar-refractivity contribution is 6.05. The Morgan fingerprint density at radius 1 is 1.11 bits per heavy atom. The van der Waals surface area contributed by atoms with E-state index in [0.29, 0.717) is 23.5 Å². The van der Waals surface area contributed by atoms with Crippen molar-refractivity contribution < 1.29 is 19.1 Å². The van der Waals surface area contributed by atoms with E-state index in [2.05, 4.69) is 10.6 Å². The molecule has 0 spiro atoms. The molecule has 2 aromatic carbocycles. The first-order valence-corrected chi connectivity index (χ1v) is 9.54. The fourth-order valence-electron chi connectivity index (χ4n) is 3.03. The van der Waals surface area contributed by atoms with Crippen LogP contribution in [-0.4, -0.2) is 37.2 Å². The predicted molar refractivity (Wildman–Crippen MR) is 109 cm³/mol. The second-order valence-electron chi connectivity index (χ2n) is 6.90. The molecule has 0 radical (unpaired) electrons. The van der Waals surface area contributed by atoms with Gasteiger partial charge in [0.1, 0.15) is 6.10 Å². The molecule has 0 aliphatic carbocycles. The Morgan fingerprint density at radius 2 is 1.82 bits per heavy atom. The molecule has 0 aromatic heterocycles. The van der Waals surface area contributed by atoms with Crippen LogP contribution in [0.5, 0.6) is 0 Å². The number of carbonyl (C=O) groups is 2. The number of amides is 2. The minimum Gasteiger partial charge on any atom is -0.376 e. The predicted octanol–water partition coefficient (Wildman–Crippen LogP) is 3.77. The zero-order valence-corrected chi connectivity index (χ0v) is 16.2. The van der Waals surface area contributed by atoms with Gasteiger partial charge in [-0.15, -0.1) is 0 Å². The second-order valence-corrected chi connectivity index (χ2v) is 6.90. The van der Waals surface area contributed by atoms with Gasteiger partial charge in [0, 0.05) is 23.5 Å². The van der Waals surface area contributed by atoms with Crippen LogP contribution in [0.2, 0.25) is 0 Å². The maximum atomic E-state index is 12.5. The Morgan fingerprint density at radius 3 is 2.50 bits per heavy atom. The molecule has 0 saturated carbocycles. The summed E-state index contributed by atoms with van der Waals surface area (Å²) in [6.07, 6.45) is 1.49. The normalized spacial score (nSPS) is 17.1. The lowest BCUT2D eigenvalue weighted by Gasteiger charge is -2.18. The highest BCUT2D eigenvalue weighted by Crippen LogP contribution is 2.24. The van der Waals surface area contributed by atoms with Crippen LogP contribution < -0.4 is 10.6 Å². The number of hydrogen-bond donors (Lipinski definition) is 2. The zero-order valence-electron chi connectivity index (χ0n) is 16.2. The van der Waals surface area contributed by atoms with Crippen molar-refractivity contribution >= 4 is 23.2 Å². The van der Waals surface area contributed by atoms with E-state index in [4.69, 9.17) is 9.47 Å². The van der Waals surface area contributed by atoms with Gasteiger partial charge < -0.3 is 20.1 Å². The first-order chi connectivity index (χ1) is 13.5. The number of benzene rings is 2. The van der Waals surface area contributed by atoms with E-state index in [1.54, 1.807) is 31.2 Å². The van der Waals surface area contributed by atoms with E-state index in [1.807, 2.05) is 31.2 Å². The topological polar surface area (TPSA) is 76.7 Å². The molecule has 3 rings (SSSR count). The minimum absolute atomic E-state index is 0.0773. The van der Waals surface area contributed by atoms with E-state index >= 15 is 0 Å². The van der Waals surface area contributed by atoms with Gasteiger partial charge in [0.25, 0.3) is 11.8 Å². The Hall–Kier alpha value is -2.70. The SMILES string of the molecule is Cc1c(NC(=O)c2ccccc2)cccc1NC(=O)C(C)OCC1CCCO1. The van der Waals surface area contributed by atoms with Gasteiger partial charge >= 0.3 is 0 Å². The number of nitrogens with one attached hydrogen (secondary N) is 2. The van der Waals surface area contributed by atoms with Gasteiger partial charge in [0.05, 0.1) is 12.7 Å². The van der Waals surface area contributed by atoms with E-state index < -0.39 is 6.10 Å². The maximum absolute atomic E-state index is 12.5. The Balaban J connectivity index is 1.60. The highest BCUT2D eigenvalue weighted by Gasteiger charge is 2.20. The third-order valence-electron chi connectivity index (χ3n) is 4.80. The summed E-state index contributed by atoms with van der Waals surface area (Å²) in [4.78, 5) is 24.8. The summed E-state index contributed by atoms with van der Waals surface area (Å²) >= 11 is 0. The Kier molecular flexibility index (Phi) is 6.79. The van der Waals surface area contributed by atoms with Gasteiger partial charge in [-0.1, -0.05) is 24.3 Å². The second kappa shape index (κ2) is 9.48. The number of rotatable bonds is 7. The minimum atomic E-state index is -0.592. The molecule has 28 heavy (non-hydrogen) atoms. The van der Waals surface area contributed by atoms with Gasteiger partial charge in [0.2, 0.25) is 0 Å². The molecule has 2 atom stereocenters. The molecule has 148 valence electrons. The molecule has 1 aliphatic rings. The van der Waals surface area contributed by atoms with Crippen molar-refractivity contribution in [3.63, 3.8) is 0 Å². The molecular weight excluding hydrogens is 356 g/mol. The molecule has 2 amide bonds. The fraction of sp³-hybridized carbons (Fsp3) is 0.364. The van der Waals surface area contributed by atoms with E-state index in [0.717, 1.165) is 25.0 Å². The number of anilines is 2. The van der Waals surface area contributed by atoms with Crippen LogP contribution in [0.25, 0.3) is 0 Å². The van der Waals surface area contributed by atoms with Crippen molar-refractivity contribution in [1.82, 2.24) is 0 Å². The number of hydrogen-bond acceptors (Lipinski definition) is 4. The first-order valence-electron chi connectivity index (χ1n) is 9.54. The third-order valence-corrected chi connectivity index (χ3v) is 4.80. The van der Waals surface area contributed by atoms with Crippen LogP contribution in [0.4, 0.5) is 11.4 Å². The lowest BCUT2D eigenvalue weighted by atomic mass is 10.1. The van der Waals surface area contributed by atoms with Gasteiger partial charge in [-0.3, -0.25) is 9.59 Å². The van der Waals surface area contributed by atoms with Crippen molar-refractivity contribution in [2.45, 2.75) is 38.9 Å². The van der Waals surface area contributed by atoms with Gasteiger partial charge in [-0.2, -0.15) is 0 Å². The van der Waals surface area contributed by atoms with Gasteiger partial charge in [-0.05, 0) is 56.5 Å².